The van der Waals surface area contributed by atoms with Gasteiger partial charge in [0.1, 0.15) is 5.82 Å². The lowest BCUT2D eigenvalue weighted by Gasteiger charge is -2.31. The van der Waals surface area contributed by atoms with E-state index in [0.29, 0.717) is 6.04 Å². The Morgan fingerprint density at radius 1 is 1.16 bits per heavy atom. The summed E-state index contributed by atoms with van der Waals surface area (Å²) in [7, 11) is 0. The highest BCUT2D eigenvalue weighted by Crippen LogP contribution is 2.22. The predicted molar refractivity (Wildman–Crippen MR) is 103 cm³/mol. The lowest BCUT2D eigenvalue weighted by atomic mass is 10.1. The molecule has 1 saturated heterocycles. The second-order valence-electron chi connectivity index (χ2n) is 6.31. The molecule has 1 unspecified atom stereocenters. The van der Waals surface area contributed by atoms with E-state index < -0.39 is 0 Å². The van der Waals surface area contributed by atoms with Crippen molar-refractivity contribution in [2.75, 3.05) is 13.1 Å². The van der Waals surface area contributed by atoms with Crippen LogP contribution in [0.5, 0.6) is 0 Å². The maximum absolute atomic E-state index is 13.4. The summed E-state index contributed by atoms with van der Waals surface area (Å²) >= 11 is 5.95. The molecule has 2 heterocycles. The van der Waals surface area contributed by atoms with Crippen LogP contribution in [0.2, 0.25) is 5.02 Å². The average Bonchev–Trinajstić information content (AvgIpc) is 2.88. The van der Waals surface area contributed by atoms with Gasteiger partial charge in [-0.25, -0.2) is 4.39 Å². The van der Waals surface area contributed by atoms with E-state index in [1.54, 1.807) is 6.07 Å². The molecule has 0 aliphatic carbocycles. The van der Waals surface area contributed by atoms with Gasteiger partial charge in [-0.2, -0.15) is 0 Å². The van der Waals surface area contributed by atoms with Crippen LogP contribution in [-0.4, -0.2) is 29.0 Å². The van der Waals surface area contributed by atoms with E-state index in [-0.39, 0.29) is 23.2 Å². The Labute approximate surface area is 160 Å². The van der Waals surface area contributed by atoms with E-state index in [4.69, 9.17) is 11.6 Å². The third-order valence-electron chi connectivity index (χ3n) is 4.52. The van der Waals surface area contributed by atoms with Crippen LogP contribution in [0.1, 0.15) is 30.5 Å². The Balaban J connectivity index is 0.00000225. The number of rotatable bonds is 5. The van der Waals surface area contributed by atoms with Gasteiger partial charge in [0.2, 0.25) is 0 Å². The van der Waals surface area contributed by atoms with Gasteiger partial charge in [0.05, 0.1) is 10.7 Å². The maximum Gasteiger partial charge on any atom is 0.141 e. The van der Waals surface area contributed by atoms with E-state index >= 15 is 0 Å². The van der Waals surface area contributed by atoms with Gasteiger partial charge >= 0.3 is 0 Å². The quantitative estimate of drug-likeness (QED) is 0.826. The average molecular weight is 384 g/mol. The maximum atomic E-state index is 13.4. The minimum atomic E-state index is -0.365. The molecule has 1 fully saturated rings. The third-order valence-corrected chi connectivity index (χ3v) is 4.81. The molecular formula is C19H24Cl2FN3. The lowest BCUT2D eigenvalue weighted by molar-refractivity contribution is 0.162. The number of nitrogens with one attached hydrogen (secondary N) is 1. The van der Waals surface area contributed by atoms with Crippen molar-refractivity contribution in [2.24, 2.45) is 0 Å². The second kappa shape index (κ2) is 10.1. The molecule has 3 nitrogen and oxygen atoms in total. The Hall–Kier alpha value is -1.20. The van der Waals surface area contributed by atoms with E-state index in [0.717, 1.165) is 50.3 Å². The van der Waals surface area contributed by atoms with Crippen molar-refractivity contribution in [3.05, 3.63) is 64.7 Å². The van der Waals surface area contributed by atoms with Crippen LogP contribution in [0.4, 0.5) is 4.39 Å². The summed E-state index contributed by atoms with van der Waals surface area (Å²) in [5, 5.41) is 3.65. The Morgan fingerprint density at radius 2 is 2.04 bits per heavy atom. The number of hydrogen-bond donors (Lipinski definition) is 1. The molecule has 1 aromatic carbocycles. The lowest BCUT2D eigenvalue weighted by Crippen LogP contribution is -2.35. The highest BCUT2D eigenvalue weighted by atomic mass is 35.5. The van der Waals surface area contributed by atoms with Crippen molar-refractivity contribution in [2.45, 2.75) is 38.4 Å². The molecule has 136 valence electrons. The molecule has 1 aliphatic heterocycles. The van der Waals surface area contributed by atoms with Crippen molar-refractivity contribution < 1.29 is 4.39 Å². The zero-order chi connectivity index (χ0) is 16.8. The molecule has 1 N–H and O–H groups in total. The Bertz CT molecular complexity index is 646. The first kappa shape index (κ1) is 20.1. The highest BCUT2D eigenvalue weighted by Gasteiger charge is 2.21. The van der Waals surface area contributed by atoms with E-state index in [1.165, 1.54) is 12.5 Å². The normalized spacial score (nSPS) is 17.8. The summed E-state index contributed by atoms with van der Waals surface area (Å²) in [4.78, 5) is 6.91. The van der Waals surface area contributed by atoms with Crippen molar-refractivity contribution >= 4 is 24.0 Å². The smallest absolute Gasteiger partial charge is 0.141 e. The number of pyridine rings is 1. The monoisotopic (exact) mass is 383 g/mol. The van der Waals surface area contributed by atoms with Gasteiger partial charge in [0.25, 0.3) is 0 Å². The first-order valence-electron chi connectivity index (χ1n) is 8.51. The molecule has 1 aliphatic rings. The van der Waals surface area contributed by atoms with Crippen molar-refractivity contribution in [1.29, 1.82) is 0 Å². The summed E-state index contributed by atoms with van der Waals surface area (Å²) in [5.74, 6) is -0.365. The molecule has 1 aromatic heterocycles. The summed E-state index contributed by atoms with van der Waals surface area (Å²) in [5.41, 5.74) is 2.09. The Morgan fingerprint density at radius 3 is 2.80 bits per heavy atom. The minimum Gasteiger partial charge on any atom is -0.317 e. The summed E-state index contributed by atoms with van der Waals surface area (Å²) in [6.07, 6.45) is 5.28. The molecule has 1 atom stereocenters. The molecule has 25 heavy (non-hydrogen) atoms. The molecule has 0 spiro atoms. The minimum absolute atomic E-state index is 0. The number of benzene rings is 1. The fourth-order valence-corrected chi connectivity index (χ4v) is 3.46. The van der Waals surface area contributed by atoms with Gasteiger partial charge < -0.3 is 5.32 Å². The zero-order valence-corrected chi connectivity index (χ0v) is 15.7. The van der Waals surface area contributed by atoms with Crippen LogP contribution in [0, 0.1) is 5.82 Å². The molecule has 0 bridgehead atoms. The van der Waals surface area contributed by atoms with Crippen molar-refractivity contribution in [3.63, 3.8) is 0 Å². The standard InChI is InChI=1S/C19H23ClFN3.ClH/c20-18-12-15(6-7-19(18)21)13-24(14-16-4-1-2-10-23-16)17-5-3-9-22-11-8-17;/h1-2,4,6-7,10,12,17,22H,3,5,8-9,11,13-14H2;1H. The topological polar surface area (TPSA) is 28.2 Å². The van der Waals surface area contributed by atoms with E-state index in [9.17, 15) is 4.39 Å². The van der Waals surface area contributed by atoms with Crippen LogP contribution in [0.25, 0.3) is 0 Å². The summed E-state index contributed by atoms with van der Waals surface area (Å²) in [6.45, 7) is 3.66. The SMILES string of the molecule is Cl.Fc1ccc(CN(Cc2ccccn2)C2CCCNCC2)cc1Cl. The molecular weight excluding hydrogens is 360 g/mol. The number of nitrogens with zero attached hydrogens (tertiary/aromatic N) is 2. The van der Waals surface area contributed by atoms with Gasteiger partial charge in [-0.05, 0) is 62.2 Å². The highest BCUT2D eigenvalue weighted by molar-refractivity contribution is 6.30. The predicted octanol–water partition coefficient (Wildman–Crippen LogP) is 4.44. The third kappa shape index (κ3) is 5.93. The second-order valence-corrected chi connectivity index (χ2v) is 6.72. The van der Waals surface area contributed by atoms with Gasteiger partial charge in [0, 0.05) is 25.3 Å². The van der Waals surface area contributed by atoms with Crippen LogP contribution < -0.4 is 5.32 Å². The van der Waals surface area contributed by atoms with Gasteiger partial charge in [-0.1, -0.05) is 23.7 Å². The van der Waals surface area contributed by atoms with Crippen LogP contribution in [0.15, 0.2) is 42.6 Å². The molecule has 0 radical (unpaired) electrons. The fourth-order valence-electron chi connectivity index (χ4n) is 3.25. The number of hydrogen-bond acceptors (Lipinski definition) is 3. The fraction of sp³-hybridized carbons (Fsp3) is 0.421. The summed E-state index contributed by atoms with van der Waals surface area (Å²) < 4.78 is 13.4. The Kier molecular flexibility index (Phi) is 8.10. The molecule has 0 amide bonds. The summed E-state index contributed by atoms with van der Waals surface area (Å²) in [6, 6.07) is 11.5. The molecule has 6 heteroatoms. The van der Waals surface area contributed by atoms with Gasteiger partial charge in [-0.15, -0.1) is 12.4 Å². The first-order valence-corrected chi connectivity index (χ1v) is 8.89. The largest absolute Gasteiger partial charge is 0.317 e. The zero-order valence-electron chi connectivity index (χ0n) is 14.1. The first-order chi connectivity index (χ1) is 11.7. The molecule has 3 rings (SSSR count). The number of halogens is 3. The number of aromatic nitrogens is 1. The van der Waals surface area contributed by atoms with Crippen LogP contribution in [0.3, 0.4) is 0 Å². The van der Waals surface area contributed by atoms with Crippen LogP contribution in [-0.2, 0) is 13.1 Å². The van der Waals surface area contributed by atoms with Crippen molar-refractivity contribution in [3.8, 4) is 0 Å². The van der Waals surface area contributed by atoms with Gasteiger partial charge in [0.15, 0.2) is 0 Å². The van der Waals surface area contributed by atoms with E-state index in [2.05, 4.69) is 21.3 Å². The van der Waals surface area contributed by atoms with Gasteiger partial charge in [-0.3, -0.25) is 9.88 Å². The molecule has 2 aromatic rings. The van der Waals surface area contributed by atoms with Crippen LogP contribution >= 0.6 is 24.0 Å². The molecule has 0 saturated carbocycles. The van der Waals surface area contributed by atoms with Crippen molar-refractivity contribution in [1.82, 2.24) is 15.2 Å². The van der Waals surface area contributed by atoms with E-state index in [1.807, 2.05) is 24.4 Å².